The van der Waals surface area contributed by atoms with Gasteiger partial charge in [-0.15, -0.1) is 0 Å². The first kappa shape index (κ1) is 63.2. The summed E-state index contributed by atoms with van der Waals surface area (Å²) < 4.78 is 49.1. The third-order valence-corrected chi connectivity index (χ3v) is 21.7. The summed E-state index contributed by atoms with van der Waals surface area (Å²) in [6.45, 7) is 16.8. The van der Waals surface area contributed by atoms with Gasteiger partial charge in [0, 0.05) is 16.4 Å². The smallest absolute Gasteiger partial charge is 0.335 e. The summed E-state index contributed by atoms with van der Waals surface area (Å²) in [5.41, 5.74) is -3.75. The van der Waals surface area contributed by atoms with Crippen molar-refractivity contribution in [2.75, 3.05) is 26.4 Å². The molecular weight excluding hydrogens is 1050 g/mol. The molecule has 5 aliphatic carbocycles. The van der Waals surface area contributed by atoms with Gasteiger partial charge in [-0.2, -0.15) is 0 Å². The zero-order valence-corrected chi connectivity index (χ0v) is 47.7. The van der Waals surface area contributed by atoms with Crippen LogP contribution in [0, 0.1) is 56.2 Å². The molecule has 0 aromatic rings. The van der Waals surface area contributed by atoms with Crippen molar-refractivity contribution in [2.24, 2.45) is 56.2 Å². The van der Waals surface area contributed by atoms with Crippen molar-refractivity contribution in [2.45, 2.75) is 231 Å². The van der Waals surface area contributed by atoms with E-state index in [4.69, 9.17) is 37.9 Å². The Morgan fingerprint density at radius 2 is 1.31 bits per heavy atom. The number of aliphatic hydroxyl groups excluding tert-OH is 11. The van der Waals surface area contributed by atoms with Gasteiger partial charge >= 0.3 is 17.9 Å². The van der Waals surface area contributed by atoms with E-state index in [0.717, 1.165) is 5.57 Å². The van der Waals surface area contributed by atoms with E-state index in [1.807, 2.05) is 27.7 Å². The summed E-state index contributed by atoms with van der Waals surface area (Å²) in [7, 11) is 0. The average molecular weight is 1140 g/mol. The molecule has 23 nitrogen and oxygen atoms in total. The molecule has 23 heteroatoms. The zero-order valence-electron chi connectivity index (χ0n) is 47.7. The fourth-order valence-electron chi connectivity index (χ4n) is 16.3. The topological polar surface area (TPSA) is 368 Å². The molecule has 80 heavy (non-hydrogen) atoms. The van der Waals surface area contributed by atoms with Crippen molar-refractivity contribution < 1.29 is 114 Å². The van der Waals surface area contributed by atoms with Crippen LogP contribution in [-0.2, 0) is 52.3 Å². The van der Waals surface area contributed by atoms with Crippen LogP contribution < -0.4 is 0 Å². The van der Waals surface area contributed by atoms with Gasteiger partial charge in [-0.3, -0.25) is 4.79 Å². The minimum absolute atomic E-state index is 0.0789. The first-order valence-corrected chi connectivity index (χ1v) is 28.6. The van der Waals surface area contributed by atoms with Crippen molar-refractivity contribution in [3.05, 3.63) is 23.3 Å². The summed E-state index contributed by atoms with van der Waals surface area (Å²) in [5, 5.41) is 133. The van der Waals surface area contributed by atoms with Gasteiger partial charge in [0.2, 0.25) is 0 Å². The average Bonchev–Trinajstić information content (AvgIpc) is 3.83. The highest BCUT2D eigenvalue weighted by atomic mass is 16.8. The number of carboxylic acids is 1. The predicted molar refractivity (Wildman–Crippen MR) is 277 cm³/mol. The first-order valence-electron chi connectivity index (χ1n) is 28.6. The molecule has 8 aliphatic rings. The fraction of sp³-hybridized carbons (Fsp3) is 0.877. The molecule has 3 heterocycles. The third-order valence-electron chi connectivity index (χ3n) is 21.7. The number of ether oxygens (including phenoxy) is 8. The predicted octanol–water partition coefficient (Wildman–Crippen LogP) is 0.344. The van der Waals surface area contributed by atoms with Crippen molar-refractivity contribution in [1.82, 2.24) is 0 Å². The van der Waals surface area contributed by atoms with Gasteiger partial charge in [0.1, 0.15) is 73.2 Å². The standard InChI is InChI=1S/C57H90O23/c1-11-25(3)47(71)79-44-45(80-48(72)26(4)12-2)57(24-61)28(19-52(44,5)6)27-13-14-32-53(7)17-16-34(54(8,23-60)31(53)15-18-55(32,9)56(27,10)20-33(57)62)75-51-43(78-50-39(67)37(65)35(63)29(21-58)73-50)41(40(68)42(77-51)46(69)70)76-49-38(66)36(64)30(22-59)74-49/h11,13,26,28-45,49-51,58-68H,12,14-24H2,1-10H3,(H,69,70)/b25-11-/t26-,28-,29+,30+,31+,32+,33-,34+,35+,36-,37-,38-,39+,40-,41+,42-,43+,44-,45+,49-,50-,51+,53-,54+,55-,56-,57-/m1/s1. The van der Waals surface area contributed by atoms with E-state index < -0.39 is 199 Å². The van der Waals surface area contributed by atoms with E-state index in [0.29, 0.717) is 44.1 Å². The Kier molecular flexibility index (Phi) is 18.4. The minimum atomic E-state index is -2.15. The second-order valence-corrected chi connectivity index (χ2v) is 26.2. The third kappa shape index (κ3) is 10.0. The molecule has 12 N–H and O–H groups in total. The number of fused-ring (bicyclic) bond motifs is 7. The van der Waals surface area contributed by atoms with Gasteiger partial charge in [-0.25, -0.2) is 9.59 Å². The lowest BCUT2D eigenvalue weighted by molar-refractivity contribution is -0.387. The Morgan fingerprint density at radius 3 is 1.88 bits per heavy atom. The zero-order chi connectivity index (χ0) is 59.1. The van der Waals surface area contributed by atoms with E-state index in [-0.39, 0.29) is 24.7 Å². The van der Waals surface area contributed by atoms with Crippen LogP contribution in [0.2, 0.25) is 0 Å². The quantitative estimate of drug-likeness (QED) is 0.0429. The number of carbonyl (C=O) groups excluding carboxylic acids is 2. The van der Waals surface area contributed by atoms with E-state index in [1.54, 1.807) is 26.8 Å². The van der Waals surface area contributed by atoms with Crippen molar-refractivity contribution >= 4 is 17.9 Å². The summed E-state index contributed by atoms with van der Waals surface area (Å²) in [4.78, 5) is 40.4. The number of carboxylic acid groups (broad SMARTS) is 1. The van der Waals surface area contributed by atoms with Gasteiger partial charge < -0.3 is 99.2 Å². The Morgan fingerprint density at radius 1 is 0.713 bits per heavy atom. The summed E-state index contributed by atoms with van der Waals surface area (Å²) in [6.07, 6.45) is -22.9. The highest BCUT2D eigenvalue weighted by molar-refractivity contribution is 5.87. The molecule has 7 fully saturated rings. The lowest BCUT2D eigenvalue weighted by Gasteiger charge is -2.72. The maximum atomic E-state index is 13.9. The molecule has 0 bridgehead atoms. The van der Waals surface area contributed by atoms with Crippen molar-refractivity contribution in [1.29, 1.82) is 0 Å². The maximum absolute atomic E-state index is 13.9. The normalized spacial score (nSPS) is 49.5. The maximum Gasteiger partial charge on any atom is 0.335 e. The Balaban J connectivity index is 1.14. The number of hydrogen-bond acceptors (Lipinski definition) is 22. The van der Waals surface area contributed by atoms with Crippen LogP contribution in [0.25, 0.3) is 0 Å². The van der Waals surface area contributed by atoms with Crippen LogP contribution >= 0.6 is 0 Å². The van der Waals surface area contributed by atoms with Crippen LogP contribution in [0.15, 0.2) is 23.3 Å². The van der Waals surface area contributed by atoms with Crippen molar-refractivity contribution in [3.63, 3.8) is 0 Å². The first-order chi connectivity index (χ1) is 37.5. The van der Waals surface area contributed by atoms with Gasteiger partial charge in [-0.1, -0.05) is 73.1 Å². The monoisotopic (exact) mass is 1140 g/mol. The second-order valence-electron chi connectivity index (χ2n) is 26.2. The SMILES string of the molecule is C/C=C(/C)C(=O)O[C@@H]1[C@H](OC(=O)[C@H](C)CC)[C@@]2(CO)[C@H](O)C[C@]3(C)C(=CC[C@H]4[C@]5(C)CC[C@H](O[C@H]6O[C@@H](C(=O)O)[C@H](O)[C@H](O[C@H]7O[C@@H](CO)[C@@H](O)[C@H]7O)[C@@H]6O[C@H]6O[C@@H](CO)[C@H](O)[C@@H](O)[C@@H]6O)[C@@](C)(CO)[C@H]5CC[C@]43C)[C@H]2CC1(C)C. The number of hydrogen-bond donors (Lipinski definition) is 12. The van der Waals surface area contributed by atoms with Gasteiger partial charge in [0.25, 0.3) is 0 Å². The number of aliphatic carboxylic acids is 1. The number of carbonyl (C=O) groups is 3. The van der Waals surface area contributed by atoms with Crippen LogP contribution in [-0.4, -0.2) is 216 Å². The van der Waals surface area contributed by atoms with Crippen LogP contribution in [0.4, 0.5) is 0 Å². The Hall–Kier alpha value is -2.79. The fourth-order valence-corrected chi connectivity index (χ4v) is 16.3. The largest absolute Gasteiger partial charge is 0.479 e. The summed E-state index contributed by atoms with van der Waals surface area (Å²) >= 11 is 0. The number of aliphatic hydroxyl groups is 11. The van der Waals surface area contributed by atoms with E-state index >= 15 is 0 Å². The van der Waals surface area contributed by atoms with Gasteiger partial charge in [0.05, 0.1) is 50.0 Å². The summed E-state index contributed by atoms with van der Waals surface area (Å²) in [5.74, 6) is -4.20. The molecule has 8 rings (SSSR count). The molecule has 0 spiro atoms. The molecule has 4 saturated carbocycles. The number of esters is 2. The summed E-state index contributed by atoms with van der Waals surface area (Å²) in [6, 6.07) is 0. The molecular formula is C57H90O23. The Labute approximate surface area is 467 Å². The van der Waals surface area contributed by atoms with E-state index in [1.165, 1.54) is 0 Å². The molecule has 0 amide bonds. The van der Waals surface area contributed by atoms with Crippen LogP contribution in [0.3, 0.4) is 0 Å². The minimum Gasteiger partial charge on any atom is -0.479 e. The molecule has 3 saturated heterocycles. The molecule has 0 unspecified atom stereocenters. The van der Waals surface area contributed by atoms with Crippen molar-refractivity contribution in [3.8, 4) is 0 Å². The number of rotatable bonds is 16. The lowest BCUT2D eigenvalue weighted by Crippen LogP contribution is -2.72. The van der Waals surface area contributed by atoms with E-state index in [2.05, 4.69) is 26.8 Å². The van der Waals surface area contributed by atoms with Crippen LogP contribution in [0.5, 0.6) is 0 Å². The Bertz CT molecular complexity index is 2310. The number of allylic oxidation sites excluding steroid dienone is 3. The van der Waals surface area contributed by atoms with Crippen LogP contribution in [0.1, 0.15) is 121 Å². The molecule has 0 radical (unpaired) electrons. The second kappa shape index (κ2) is 23.2. The molecule has 456 valence electrons. The molecule has 0 aromatic carbocycles. The van der Waals surface area contributed by atoms with Gasteiger partial charge in [0.15, 0.2) is 25.0 Å². The molecule has 0 aromatic heterocycles. The lowest BCUT2D eigenvalue weighted by atomic mass is 9.33. The van der Waals surface area contributed by atoms with E-state index in [9.17, 15) is 75.7 Å². The molecule has 3 aliphatic heterocycles. The van der Waals surface area contributed by atoms with Gasteiger partial charge in [-0.05, 0) is 99.2 Å². The highest BCUT2D eigenvalue weighted by Gasteiger charge is 2.74. The highest BCUT2D eigenvalue weighted by Crippen LogP contribution is 2.76. The molecule has 27 atom stereocenters.